The third-order valence-electron chi connectivity index (χ3n) is 0.784. The lowest BCUT2D eigenvalue weighted by atomic mass is 10.3. The average molecular weight is 130 g/mol. The Morgan fingerprint density at radius 1 is 1.67 bits per heavy atom. The molecule has 0 unspecified atom stereocenters. The first-order valence-electron chi connectivity index (χ1n) is 2.78. The van der Waals surface area contributed by atoms with Crippen molar-refractivity contribution in [2.24, 2.45) is 0 Å². The standard InChI is InChI=1S/C6H10O3/c1-6(8)2-4-9-5-3-7/h3H,2,4-5H2,1H3. The molecule has 0 fully saturated rings. The van der Waals surface area contributed by atoms with Gasteiger partial charge in [-0.15, -0.1) is 0 Å². The van der Waals surface area contributed by atoms with Crippen LogP contribution in [0.3, 0.4) is 0 Å². The van der Waals surface area contributed by atoms with E-state index in [-0.39, 0.29) is 12.4 Å². The number of ether oxygens (including phenoxy) is 1. The molecule has 3 nitrogen and oxygen atoms in total. The van der Waals surface area contributed by atoms with Gasteiger partial charge in [-0.1, -0.05) is 0 Å². The summed E-state index contributed by atoms with van der Waals surface area (Å²) in [5.41, 5.74) is 0. The van der Waals surface area contributed by atoms with E-state index in [1.807, 2.05) is 0 Å². The topological polar surface area (TPSA) is 43.4 Å². The molecule has 0 aromatic rings. The predicted molar refractivity (Wildman–Crippen MR) is 32.2 cm³/mol. The Hall–Kier alpha value is -0.700. The van der Waals surface area contributed by atoms with Crippen LogP contribution in [0.25, 0.3) is 0 Å². The van der Waals surface area contributed by atoms with Crippen LogP contribution < -0.4 is 0 Å². The van der Waals surface area contributed by atoms with Crippen LogP contribution in [0.5, 0.6) is 0 Å². The van der Waals surface area contributed by atoms with E-state index in [0.717, 1.165) is 0 Å². The molecule has 0 amide bonds. The summed E-state index contributed by atoms with van der Waals surface area (Å²) in [6.07, 6.45) is 1.06. The SMILES string of the molecule is CC(=O)CCOCC=O. The van der Waals surface area contributed by atoms with Crippen molar-refractivity contribution in [1.29, 1.82) is 0 Å². The summed E-state index contributed by atoms with van der Waals surface area (Å²) in [5.74, 6) is 0.0842. The minimum atomic E-state index is 0.0842. The first-order chi connectivity index (χ1) is 4.27. The highest BCUT2D eigenvalue weighted by molar-refractivity contribution is 5.75. The normalized spacial score (nSPS) is 9.00. The van der Waals surface area contributed by atoms with Crippen molar-refractivity contribution in [2.75, 3.05) is 13.2 Å². The number of hydrogen-bond acceptors (Lipinski definition) is 3. The molecular weight excluding hydrogens is 120 g/mol. The number of hydrogen-bond donors (Lipinski definition) is 0. The van der Waals surface area contributed by atoms with Crippen molar-refractivity contribution in [3.8, 4) is 0 Å². The lowest BCUT2D eigenvalue weighted by Gasteiger charge is -1.94. The van der Waals surface area contributed by atoms with E-state index in [2.05, 4.69) is 0 Å². The fourth-order valence-electron chi connectivity index (χ4n) is 0.347. The Bertz CT molecular complexity index is 98.5. The highest BCUT2D eigenvalue weighted by Gasteiger charge is 1.90. The number of carbonyl (C=O) groups excluding carboxylic acids is 2. The van der Waals surface area contributed by atoms with E-state index in [4.69, 9.17) is 4.74 Å². The molecule has 3 heteroatoms. The van der Waals surface area contributed by atoms with Gasteiger partial charge in [0, 0.05) is 6.42 Å². The smallest absolute Gasteiger partial charge is 0.145 e. The summed E-state index contributed by atoms with van der Waals surface area (Å²) in [7, 11) is 0. The molecule has 0 spiro atoms. The Kier molecular flexibility index (Phi) is 5.01. The maximum atomic E-state index is 10.2. The number of carbonyl (C=O) groups is 2. The van der Waals surface area contributed by atoms with Crippen LogP contribution in [0.15, 0.2) is 0 Å². The van der Waals surface area contributed by atoms with Crippen molar-refractivity contribution in [1.82, 2.24) is 0 Å². The first-order valence-corrected chi connectivity index (χ1v) is 2.78. The minimum Gasteiger partial charge on any atom is -0.374 e. The van der Waals surface area contributed by atoms with Crippen LogP contribution in [0.2, 0.25) is 0 Å². The number of ketones is 1. The fraction of sp³-hybridized carbons (Fsp3) is 0.667. The molecule has 9 heavy (non-hydrogen) atoms. The van der Waals surface area contributed by atoms with Gasteiger partial charge in [-0.05, 0) is 6.92 Å². The van der Waals surface area contributed by atoms with Crippen LogP contribution in [-0.2, 0) is 14.3 Å². The maximum Gasteiger partial charge on any atom is 0.145 e. The maximum absolute atomic E-state index is 10.2. The van der Waals surface area contributed by atoms with Crippen LogP contribution in [-0.4, -0.2) is 25.3 Å². The number of aldehydes is 1. The summed E-state index contributed by atoms with van der Waals surface area (Å²) >= 11 is 0. The van der Waals surface area contributed by atoms with Gasteiger partial charge in [-0.2, -0.15) is 0 Å². The third kappa shape index (κ3) is 7.30. The summed E-state index contributed by atoms with van der Waals surface area (Å²) in [5, 5.41) is 0. The molecule has 52 valence electrons. The zero-order valence-corrected chi connectivity index (χ0v) is 5.42. The second kappa shape index (κ2) is 5.44. The molecule has 0 aliphatic heterocycles. The molecule has 0 N–H and O–H groups in total. The summed E-state index contributed by atoms with van der Waals surface area (Å²) in [6.45, 7) is 1.94. The molecule has 0 atom stereocenters. The molecule has 0 radical (unpaired) electrons. The molecule has 0 aliphatic carbocycles. The van der Waals surface area contributed by atoms with Gasteiger partial charge in [0.2, 0.25) is 0 Å². The van der Waals surface area contributed by atoms with E-state index in [9.17, 15) is 9.59 Å². The zero-order chi connectivity index (χ0) is 7.11. The van der Waals surface area contributed by atoms with Crippen LogP contribution in [0.1, 0.15) is 13.3 Å². The quantitative estimate of drug-likeness (QED) is 0.394. The predicted octanol–water partition coefficient (Wildman–Crippen LogP) is 0.181. The second-order valence-electron chi connectivity index (χ2n) is 1.69. The molecule has 0 heterocycles. The van der Waals surface area contributed by atoms with E-state index in [1.54, 1.807) is 0 Å². The summed E-state index contributed by atoms with van der Waals surface area (Å²) in [4.78, 5) is 19.9. The van der Waals surface area contributed by atoms with E-state index in [0.29, 0.717) is 19.3 Å². The van der Waals surface area contributed by atoms with Gasteiger partial charge < -0.3 is 9.53 Å². The average Bonchev–Trinajstić information content (AvgIpc) is 1.80. The van der Waals surface area contributed by atoms with Gasteiger partial charge >= 0.3 is 0 Å². The van der Waals surface area contributed by atoms with Gasteiger partial charge in [0.25, 0.3) is 0 Å². The van der Waals surface area contributed by atoms with E-state index >= 15 is 0 Å². The van der Waals surface area contributed by atoms with Crippen LogP contribution >= 0.6 is 0 Å². The first kappa shape index (κ1) is 8.30. The van der Waals surface area contributed by atoms with E-state index < -0.39 is 0 Å². The van der Waals surface area contributed by atoms with Gasteiger partial charge in [0.1, 0.15) is 18.7 Å². The van der Waals surface area contributed by atoms with Crippen molar-refractivity contribution in [2.45, 2.75) is 13.3 Å². The Balaban J connectivity index is 2.91. The lowest BCUT2D eigenvalue weighted by Crippen LogP contribution is -2.01. The summed E-state index contributed by atoms with van der Waals surface area (Å²) < 4.78 is 4.70. The molecule has 0 bridgehead atoms. The summed E-state index contributed by atoms with van der Waals surface area (Å²) in [6, 6.07) is 0. The molecule has 0 aliphatic rings. The van der Waals surface area contributed by atoms with Crippen molar-refractivity contribution in [3.63, 3.8) is 0 Å². The highest BCUT2D eigenvalue weighted by atomic mass is 16.5. The van der Waals surface area contributed by atoms with Crippen molar-refractivity contribution in [3.05, 3.63) is 0 Å². The Labute approximate surface area is 54.0 Å². The minimum absolute atomic E-state index is 0.0842. The molecule has 0 aromatic heterocycles. The molecule has 0 saturated carbocycles. The molecule has 0 aromatic carbocycles. The number of rotatable bonds is 5. The van der Waals surface area contributed by atoms with Crippen molar-refractivity contribution < 1.29 is 14.3 Å². The monoisotopic (exact) mass is 130 g/mol. The zero-order valence-electron chi connectivity index (χ0n) is 5.42. The van der Waals surface area contributed by atoms with Gasteiger partial charge in [0.05, 0.1) is 6.61 Å². The van der Waals surface area contributed by atoms with E-state index in [1.165, 1.54) is 6.92 Å². The highest BCUT2D eigenvalue weighted by Crippen LogP contribution is 1.81. The largest absolute Gasteiger partial charge is 0.374 e. The lowest BCUT2D eigenvalue weighted by molar-refractivity contribution is -0.119. The molecule has 0 saturated heterocycles. The molecule has 0 rings (SSSR count). The van der Waals surface area contributed by atoms with Crippen LogP contribution in [0, 0.1) is 0 Å². The van der Waals surface area contributed by atoms with Crippen LogP contribution in [0.4, 0.5) is 0 Å². The van der Waals surface area contributed by atoms with Crippen molar-refractivity contribution >= 4 is 12.1 Å². The fourth-order valence-corrected chi connectivity index (χ4v) is 0.347. The second-order valence-corrected chi connectivity index (χ2v) is 1.69. The molecular formula is C6H10O3. The van der Waals surface area contributed by atoms with Gasteiger partial charge in [-0.3, -0.25) is 4.79 Å². The third-order valence-corrected chi connectivity index (χ3v) is 0.784. The number of Topliss-reactive ketones (excluding diaryl/α,β-unsaturated/α-hetero) is 1. The van der Waals surface area contributed by atoms with Gasteiger partial charge in [0.15, 0.2) is 0 Å². The Morgan fingerprint density at radius 3 is 2.78 bits per heavy atom. The Morgan fingerprint density at radius 2 is 2.33 bits per heavy atom. The van der Waals surface area contributed by atoms with Gasteiger partial charge in [-0.25, -0.2) is 0 Å².